The zero-order valence-corrected chi connectivity index (χ0v) is 12.2. The minimum Gasteiger partial charge on any atom is -0.496 e. The lowest BCUT2D eigenvalue weighted by Crippen LogP contribution is -2.13. The molecule has 18 heavy (non-hydrogen) atoms. The maximum Gasteiger partial charge on any atom is 0.134 e. The Hall–Kier alpha value is -0.910. The fraction of sp³-hybridized carbons (Fsp3) is 0.231. The van der Waals surface area contributed by atoms with E-state index in [2.05, 4.69) is 15.9 Å². The lowest BCUT2D eigenvalue weighted by atomic mass is 10.0. The Labute approximate surface area is 118 Å². The molecule has 2 N–H and O–H groups in total. The zero-order valence-electron chi connectivity index (χ0n) is 9.82. The summed E-state index contributed by atoms with van der Waals surface area (Å²) in [6.45, 7) is 0. The largest absolute Gasteiger partial charge is 0.496 e. The molecule has 2 rings (SSSR count). The van der Waals surface area contributed by atoms with Crippen LogP contribution in [-0.4, -0.2) is 7.11 Å². The second-order valence-electron chi connectivity index (χ2n) is 3.90. The molecule has 2 nitrogen and oxygen atoms in total. The second kappa shape index (κ2) is 5.82. The molecule has 0 fully saturated rings. The first kappa shape index (κ1) is 13.5. The van der Waals surface area contributed by atoms with Crippen molar-refractivity contribution in [1.82, 2.24) is 0 Å². The first-order valence-electron chi connectivity index (χ1n) is 5.42. The molecule has 1 aromatic carbocycles. The summed E-state index contributed by atoms with van der Waals surface area (Å²) in [7, 11) is 1.61. The molecule has 0 aliphatic rings. The average molecular weight is 330 g/mol. The zero-order chi connectivity index (χ0) is 13.1. The molecule has 1 unspecified atom stereocenters. The van der Waals surface area contributed by atoms with Gasteiger partial charge >= 0.3 is 0 Å². The standard InChI is InChI=1S/C13H13BrFNOS/c1-17-12-4-5-18-13(12)11(16)7-8-6-9(14)2-3-10(8)15/h2-6,11H,7,16H2,1H3. The SMILES string of the molecule is COc1ccsc1C(N)Cc1cc(Br)ccc1F. The van der Waals surface area contributed by atoms with Crippen molar-refractivity contribution in [2.45, 2.75) is 12.5 Å². The van der Waals surface area contributed by atoms with Crippen molar-refractivity contribution >= 4 is 27.3 Å². The summed E-state index contributed by atoms with van der Waals surface area (Å²) in [4.78, 5) is 0.942. The van der Waals surface area contributed by atoms with E-state index in [-0.39, 0.29) is 11.9 Å². The molecule has 0 aliphatic heterocycles. The van der Waals surface area contributed by atoms with E-state index in [9.17, 15) is 4.39 Å². The molecule has 0 saturated carbocycles. The average Bonchev–Trinajstić information content (AvgIpc) is 2.82. The minimum atomic E-state index is -0.260. The Morgan fingerprint density at radius 2 is 2.22 bits per heavy atom. The van der Waals surface area contributed by atoms with Crippen LogP contribution in [0, 0.1) is 5.82 Å². The molecule has 5 heteroatoms. The first-order chi connectivity index (χ1) is 8.61. The highest BCUT2D eigenvalue weighted by atomic mass is 79.9. The molecular weight excluding hydrogens is 317 g/mol. The van der Waals surface area contributed by atoms with E-state index in [1.54, 1.807) is 19.2 Å². The van der Waals surface area contributed by atoms with Crippen LogP contribution < -0.4 is 10.5 Å². The lowest BCUT2D eigenvalue weighted by Gasteiger charge is -2.12. The van der Waals surface area contributed by atoms with Gasteiger partial charge in [-0.25, -0.2) is 4.39 Å². The number of thiophene rings is 1. The lowest BCUT2D eigenvalue weighted by molar-refractivity contribution is 0.408. The maximum absolute atomic E-state index is 13.6. The van der Waals surface area contributed by atoms with E-state index in [0.29, 0.717) is 12.0 Å². The number of nitrogens with two attached hydrogens (primary N) is 1. The van der Waals surface area contributed by atoms with E-state index in [0.717, 1.165) is 15.1 Å². The van der Waals surface area contributed by atoms with Crippen LogP contribution in [0.4, 0.5) is 4.39 Å². The highest BCUT2D eigenvalue weighted by Gasteiger charge is 2.16. The summed E-state index contributed by atoms with van der Waals surface area (Å²) in [6.07, 6.45) is 0.447. The number of hydrogen-bond acceptors (Lipinski definition) is 3. The summed E-state index contributed by atoms with van der Waals surface area (Å²) in [5.41, 5.74) is 6.72. The van der Waals surface area contributed by atoms with Gasteiger partial charge in [0, 0.05) is 10.5 Å². The third-order valence-electron chi connectivity index (χ3n) is 2.66. The fourth-order valence-electron chi connectivity index (χ4n) is 1.78. The fourth-order valence-corrected chi connectivity index (χ4v) is 3.05. The second-order valence-corrected chi connectivity index (χ2v) is 5.76. The van der Waals surface area contributed by atoms with Crippen molar-refractivity contribution in [2.24, 2.45) is 5.73 Å². The van der Waals surface area contributed by atoms with Crippen LogP contribution in [0.3, 0.4) is 0 Å². The van der Waals surface area contributed by atoms with Gasteiger partial charge in [0.15, 0.2) is 0 Å². The molecule has 0 amide bonds. The predicted molar refractivity (Wildman–Crippen MR) is 75.6 cm³/mol. The van der Waals surface area contributed by atoms with Crippen LogP contribution in [0.2, 0.25) is 0 Å². The monoisotopic (exact) mass is 329 g/mol. The molecular formula is C13H13BrFNOS. The molecule has 0 spiro atoms. The van der Waals surface area contributed by atoms with E-state index in [1.807, 2.05) is 11.4 Å². The van der Waals surface area contributed by atoms with Gasteiger partial charge in [-0.3, -0.25) is 0 Å². The summed E-state index contributed by atoms with van der Waals surface area (Å²) < 4.78 is 19.7. The van der Waals surface area contributed by atoms with Gasteiger partial charge in [0.05, 0.1) is 12.0 Å². The first-order valence-corrected chi connectivity index (χ1v) is 7.10. The Morgan fingerprint density at radius 3 is 2.94 bits per heavy atom. The quantitative estimate of drug-likeness (QED) is 0.923. The van der Waals surface area contributed by atoms with Crippen molar-refractivity contribution in [3.63, 3.8) is 0 Å². The molecule has 96 valence electrons. The Balaban J connectivity index is 2.21. The predicted octanol–water partition coefficient (Wildman–Crippen LogP) is 3.90. The van der Waals surface area contributed by atoms with E-state index in [4.69, 9.17) is 10.5 Å². The number of ether oxygens (including phenoxy) is 1. The van der Waals surface area contributed by atoms with Crippen LogP contribution in [0.1, 0.15) is 16.5 Å². The van der Waals surface area contributed by atoms with E-state index < -0.39 is 0 Å². The molecule has 2 aromatic rings. The molecule has 0 aliphatic carbocycles. The van der Waals surface area contributed by atoms with Gasteiger partial charge in [0.25, 0.3) is 0 Å². The van der Waals surface area contributed by atoms with Gasteiger partial charge in [0.2, 0.25) is 0 Å². The number of benzene rings is 1. The van der Waals surface area contributed by atoms with Crippen LogP contribution in [0.15, 0.2) is 34.1 Å². The smallest absolute Gasteiger partial charge is 0.134 e. The number of hydrogen-bond donors (Lipinski definition) is 1. The van der Waals surface area contributed by atoms with Gasteiger partial charge in [0.1, 0.15) is 11.6 Å². The van der Waals surface area contributed by atoms with Crippen molar-refractivity contribution in [3.05, 3.63) is 50.4 Å². The molecule has 1 heterocycles. The van der Waals surface area contributed by atoms with Crippen LogP contribution in [0.25, 0.3) is 0 Å². The molecule has 0 radical (unpaired) electrons. The van der Waals surface area contributed by atoms with Gasteiger partial charge in [-0.1, -0.05) is 15.9 Å². The van der Waals surface area contributed by atoms with Gasteiger partial charge in [-0.2, -0.15) is 0 Å². The van der Waals surface area contributed by atoms with Crippen molar-refractivity contribution in [2.75, 3.05) is 7.11 Å². The maximum atomic E-state index is 13.6. The number of rotatable bonds is 4. The van der Waals surface area contributed by atoms with Crippen LogP contribution in [-0.2, 0) is 6.42 Å². The summed E-state index contributed by atoms with van der Waals surface area (Å²) in [5, 5.41) is 1.92. The van der Waals surface area contributed by atoms with Gasteiger partial charge < -0.3 is 10.5 Å². The molecule has 1 aromatic heterocycles. The highest BCUT2D eigenvalue weighted by molar-refractivity contribution is 9.10. The topological polar surface area (TPSA) is 35.2 Å². The molecule has 0 bridgehead atoms. The van der Waals surface area contributed by atoms with Crippen LogP contribution >= 0.6 is 27.3 Å². The van der Waals surface area contributed by atoms with Gasteiger partial charge in [-0.15, -0.1) is 11.3 Å². The summed E-state index contributed by atoms with van der Waals surface area (Å²) in [5.74, 6) is 0.534. The van der Waals surface area contributed by atoms with Crippen molar-refractivity contribution in [3.8, 4) is 5.75 Å². The number of methoxy groups -OCH3 is 1. The van der Waals surface area contributed by atoms with Crippen molar-refractivity contribution < 1.29 is 9.13 Å². The third kappa shape index (κ3) is 2.91. The minimum absolute atomic E-state index is 0.232. The van der Waals surface area contributed by atoms with Gasteiger partial charge in [-0.05, 0) is 41.6 Å². The highest BCUT2D eigenvalue weighted by Crippen LogP contribution is 2.32. The summed E-state index contributed by atoms with van der Waals surface area (Å²) >= 11 is 4.86. The van der Waals surface area contributed by atoms with Crippen molar-refractivity contribution in [1.29, 1.82) is 0 Å². The van der Waals surface area contributed by atoms with Crippen LogP contribution in [0.5, 0.6) is 5.75 Å². The summed E-state index contributed by atoms with van der Waals surface area (Å²) in [6, 6.07) is 6.49. The van der Waals surface area contributed by atoms with E-state index >= 15 is 0 Å². The Morgan fingerprint density at radius 1 is 1.44 bits per heavy atom. The van der Waals surface area contributed by atoms with E-state index in [1.165, 1.54) is 17.4 Å². The molecule has 1 atom stereocenters. The number of halogens is 2. The Kier molecular flexibility index (Phi) is 4.37. The third-order valence-corrected chi connectivity index (χ3v) is 4.18. The Bertz CT molecular complexity index is 544. The molecule has 0 saturated heterocycles. The normalized spacial score (nSPS) is 12.4.